The Hall–Kier alpha value is -1.88. The van der Waals surface area contributed by atoms with E-state index >= 15 is 0 Å². The molecule has 2 heterocycles. The second kappa shape index (κ2) is 5.25. The molecule has 0 unspecified atom stereocenters. The number of rotatable bonds is 3. The van der Waals surface area contributed by atoms with E-state index in [1.807, 2.05) is 31.3 Å². The van der Waals surface area contributed by atoms with Crippen molar-refractivity contribution in [3.63, 3.8) is 0 Å². The number of anilines is 1. The van der Waals surface area contributed by atoms with E-state index in [1.54, 1.807) is 6.07 Å². The van der Waals surface area contributed by atoms with Crippen molar-refractivity contribution in [3.8, 4) is 0 Å². The minimum absolute atomic E-state index is 0.256. The highest BCUT2D eigenvalue weighted by molar-refractivity contribution is 9.10. The van der Waals surface area contributed by atoms with Crippen LogP contribution in [0.3, 0.4) is 0 Å². The van der Waals surface area contributed by atoms with Crippen LogP contribution in [0.2, 0.25) is 0 Å². The Kier molecular flexibility index (Phi) is 3.44. The number of hydrogen-bond acceptors (Lipinski definition) is 2. The largest absolute Gasteiger partial charge is 0.378 e. The van der Waals surface area contributed by atoms with Gasteiger partial charge in [-0.05, 0) is 53.2 Å². The molecule has 0 aliphatic carbocycles. The molecule has 0 atom stereocenters. The summed E-state index contributed by atoms with van der Waals surface area (Å²) < 4.78 is 15.8. The number of halogens is 2. The fourth-order valence-electron chi connectivity index (χ4n) is 2.19. The number of aryl methyl sites for hydroxylation is 1. The Morgan fingerprint density at radius 2 is 2.15 bits per heavy atom. The Morgan fingerprint density at radius 3 is 2.95 bits per heavy atom. The highest BCUT2D eigenvalue weighted by Crippen LogP contribution is 2.24. The SMILES string of the molecule is Cc1nc2ccccn2c1CNc1ccc(F)cc1Br. The number of aromatic nitrogens is 2. The van der Waals surface area contributed by atoms with Crippen molar-refractivity contribution in [2.75, 3.05) is 5.32 Å². The number of nitrogens with zero attached hydrogens (tertiary/aromatic N) is 2. The van der Waals surface area contributed by atoms with Crippen molar-refractivity contribution in [2.45, 2.75) is 13.5 Å². The van der Waals surface area contributed by atoms with Crippen LogP contribution in [0.15, 0.2) is 47.1 Å². The lowest BCUT2D eigenvalue weighted by molar-refractivity contribution is 0.627. The van der Waals surface area contributed by atoms with Crippen molar-refractivity contribution in [1.82, 2.24) is 9.38 Å². The monoisotopic (exact) mass is 333 g/mol. The molecular weight excluding hydrogens is 321 g/mol. The molecule has 3 aromatic rings. The summed E-state index contributed by atoms with van der Waals surface area (Å²) in [7, 11) is 0. The average Bonchev–Trinajstić information content (AvgIpc) is 2.74. The molecule has 0 radical (unpaired) electrons. The molecule has 1 N–H and O–H groups in total. The van der Waals surface area contributed by atoms with Gasteiger partial charge in [0.2, 0.25) is 0 Å². The number of nitrogens with one attached hydrogen (secondary N) is 1. The Labute approximate surface area is 124 Å². The van der Waals surface area contributed by atoms with Crippen molar-refractivity contribution < 1.29 is 4.39 Å². The third-order valence-corrected chi connectivity index (χ3v) is 3.86. The van der Waals surface area contributed by atoms with Crippen LogP contribution in [0.5, 0.6) is 0 Å². The molecule has 102 valence electrons. The first-order valence-corrected chi connectivity index (χ1v) is 7.06. The van der Waals surface area contributed by atoms with Crippen molar-refractivity contribution in [2.24, 2.45) is 0 Å². The lowest BCUT2D eigenvalue weighted by Gasteiger charge is -2.09. The zero-order valence-electron chi connectivity index (χ0n) is 10.9. The van der Waals surface area contributed by atoms with Crippen molar-refractivity contribution >= 4 is 27.3 Å². The molecule has 20 heavy (non-hydrogen) atoms. The van der Waals surface area contributed by atoms with Gasteiger partial charge in [-0.3, -0.25) is 0 Å². The molecule has 0 aliphatic heterocycles. The van der Waals surface area contributed by atoms with Gasteiger partial charge in [0.1, 0.15) is 11.5 Å². The van der Waals surface area contributed by atoms with E-state index in [0.717, 1.165) is 22.7 Å². The van der Waals surface area contributed by atoms with E-state index in [2.05, 4.69) is 30.6 Å². The summed E-state index contributed by atoms with van der Waals surface area (Å²) in [6, 6.07) is 10.5. The maximum Gasteiger partial charge on any atom is 0.137 e. The molecule has 3 rings (SSSR count). The fraction of sp³-hybridized carbons (Fsp3) is 0.133. The first kappa shape index (κ1) is 13.1. The third-order valence-electron chi connectivity index (χ3n) is 3.21. The number of pyridine rings is 1. The van der Waals surface area contributed by atoms with Crippen molar-refractivity contribution in [1.29, 1.82) is 0 Å². The predicted molar refractivity (Wildman–Crippen MR) is 81.4 cm³/mol. The van der Waals surface area contributed by atoms with Crippen LogP contribution in [0, 0.1) is 12.7 Å². The van der Waals surface area contributed by atoms with Crippen LogP contribution < -0.4 is 5.32 Å². The number of imidazole rings is 1. The van der Waals surface area contributed by atoms with Crippen LogP contribution in [-0.4, -0.2) is 9.38 Å². The van der Waals surface area contributed by atoms with Crippen LogP contribution in [0.1, 0.15) is 11.4 Å². The maximum atomic E-state index is 13.1. The summed E-state index contributed by atoms with van der Waals surface area (Å²) in [5.74, 6) is -0.256. The molecule has 2 aromatic heterocycles. The maximum absolute atomic E-state index is 13.1. The summed E-state index contributed by atoms with van der Waals surface area (Å²) in [6.07, 6.45) is 1.99. The van der Waals surface area contributed by atoms with Gasteiger partial charge >= 0.3 is 0 Å². The van der Waals surface area contributed by atoms with Gasteiger partial charge in [-0.1, -0.05) is 6.07 Å². The second-order valence-corrected chi connectivity index (χ2v) is 5.40. The van der Waals surface area contributed by atoms with Gasteiger partial charge in [0.05, 0.1) is 17.9 Å². The summed E-state index contributed by atoms with van der Waals surface area (Å²) in [5, 5.41) is 3.30. The second-order valence-electron chi connectivity index (χ2n) is 4.55. The molecule has 0 fully saturated rings. The minimum atomic E-state index is -0.256. The normalized spacial score (nSPS) is 10.9. The highest BCUT2D eigenvalue weighted by atomic mass is 79.9. The molecule has 1 aromatic carbocycles. The van der Waals surface area contributed by atoms with Gasteiger partial charge in [-0.2, -0.15) is 0 Å². The van der Waals surface area contributed by atoms with Crippen LogP contribution in [-0.2, 0) is 6.54 Å². The Balaban J connectivity index is 1.88. The van der Waals surface area contributed by atoms with Crippen LogP contribution >= 0.6 is 15.9 Å². The first-order chi connectivity index (χ1) is 9.65. The van der Waals surface area contributed by atoms with E-state index < -0.39 is 0 Å². The number of fused-ring (bicyclic) bond motifs is 1. The molecule has 3 nitrogen and oxygen atoms in total. The zero-order valence-corrected chi connectivity index (χ0v) is 12.5. The van der Waals surface area contributed by atoms with E-state index in [9.17, 15) is 4.39 Å². The number of benzene rings is 1. The van der Waals surface area contributed by atoms with Gasteiger partial charge in [0.15, 0.2) is 0 Å². The molecule has 0 saturated carbocycles. The quantitative estimate of drug-likeness (QED) is 0.779. The topological polar surface area (TPSA) is 29.3 Å². The van der Waals surface area contributed by atoms with Gasteiger partial charge in [0.25, 0.3) is 0 Å². The summed E-state index contributed by atoms with van der Waals surface area (Å²) in [4.78, 5) is 4.51. The first-order valence-electron chi connectivity index (χ1n) is 6.26. The summed E-state index contributed by atoms with van der Waals surface area (Å²) in [6.45, 7) is 2.62. The van der Waals surface area contributed by atoms with Gasteiger partial charge in [0, 0.05) is 16.4 Å². The van der Waals surface area contributed by atoms with E-state index in [4.69, 9.17) is 0 Å². The van der Waals surface area contributed by atoms with Gasteiger partial charge in [-0.15, -0.1) is 0 Å². The Bertz CT molecular complexity index is 767. The van der Waals surface area contributed by atoms with Crippen LogP contribution in [0.4, 0.5) is 10.1 Å². The predicted octanol–water partition coefficient (Wildman–Crippen LogP) is 4.16. The van der Waals surface area contributed by atoms with E-state index in [1.165, 1.54) is 12.1 Å². The summed E-state index contributed by atoms with van der Waals surface area (Å²) in [5.41, 5.74) is 3.87. The molecule has 0 bridgehead atoms. The highest BCUT2D eigenvalue weighted by Gasteiger charge is 2.08. The fourth-order valence-corrected chi connectivity index (χ4v) is 2.68. The molecule has 0 amide bonds. The summed E-state index contributed by atoms with van der Waals surface area (Å²) >= 11 is 3.35. The zero-order chi connectivity index (χ0) is 14.1. The van der Waals surface area contributed by atoms with E-state index in [0.29, 0.717) is 11.0 Å². The smallest absolute Gasteiger partial charge is 0.137 e. The molecule has 5 heteroatoms. The molecular formula is C15H13BrFN3. The lowest BCUT2D eigenvalue weighted by atomic mass is 10.3. The van der Waals surface area contributed by atoms with Crippen LogP contribution in [0.25, 0.3) is 5.65 Å². The van der Waals surface area contributed by atoms with Crippen molar-refractivity contribution in [3.05, 3.63) is 64.3 Å². The minimum Gasteiger partial charge on any atom is -0.378 e. The average molecular weight is 334 g/mol. The third kappa shape index (κ3) is 2.41. The van der Waals surface area contributed by atoms with E-state index in [-0.39, 0.29) is 5.82 Å². The van der Waals surface area contributed by atoms with Gasteiger partial charge in [-0.25, -0.2) is 9.37 Å². The van der Waals surface area contributed by atoms with Gasteiger partial charge < -0.3 is 9.72 Å². The lowest BCUT2D eigenvalue weighted by Crippen LogP contribution is -2.04. The molecule has 0 saturated heterocycles. The number of hydrogen-bond donors (Lipinski definition) is 1. The standard InChI is InChI=1S/C15H13BrFN3/c1-10-14(20-7-3-2-4-15(20)19-10)9-18-13-6-5-11(17)8-12(13)16/h2-8,18H,9H2,1H3. The Morgan fingerprint density at radius 1 is 1.30 bits per heavy atom. The molecule has 0 spiro atoms. The molecule has 0 aliphatic rings.